The van der Waals surface area contributed by atoms with Crippen LogP contribution in [-0.4, -0.2) is 28.1 Å². The summed E-state index contributed by atoms with van der Waals surface area (Å²) in [5.74, 6) is 0.701. The van der Waals surface area contributed by atoms with Gasteiger partial charge in [-0.15, -0.1) is 3.71 Å². The smallest absolute Gasteiger partial charge is 0.226 e. The van der Waals surface area contributed by atoms with Gasteiger partial charge in [0.2, 0.25) is 10.0 Å². The average molecular weight is 354 g/mol. The maximum absolute atomic E-state index is 13.1. The van der Waals surface area contributed by atoms with Gasteiger partial charge in [-0.05, 0) is 49.7 Å². The lowest BCUT2D eigenvalue weighted by Gasteiger charge is -2.36. The van der Waals surface area contributed by atoms with Crippen LogP contribution in [0.3, 0.4) is 0 Å². The van der Waals surface area contributed by atoms with E-state index < -0.39 is 21.0 Å². The summed E-state index contributed by atoms with van der Waals surface area (Å²) in [5, 5.41) is 0. The molecule has 4 atom stereocenters. The van der Waals surface area contributed by atoms with E-state index in [1.165, 1.54) is 3.71 Å². The maximum atomic E-state index is 13.1. The lowest BCUT2D eigenvalue weighted by Crippen LogP contribution is -2.42. The first-order valence-electron chi connectivity index (χ1n) is 8.20. The molecule has 23 heavy (non-hydrogen) atoms. The van der Waals surface area contributed by atoms with Crippen LogP contribution in [0.2, 0.25) is 0 Å². The zero-order valence-corrected chi connectivity index (χ0v) is 15.4. The van der Waals surface area contributed by atoms with Gasteiger partial charge in [-0.25, -0.2) is 12.6 Å². The van der Waals surface area contributed by atoms with E-state index >= 15 is 0 Å². The largest absolute Gasteiger partial charge is 0.236 e. The quantitative estimate of drug-likeness (QED) is 0.821. The summed E-state index contributed by atoms with van der Waals surface area (Å²) in [5.41, 5.74) is 0.862. The number of hydrogen-bond donors (Lipinski definition) is 0. The van der Waals surface area contributed by atoms with Crippen molar-refractivity contribution in [2.75, 3.05) is 5.75 Å². The highest BCUT2D eigenvalue weighted by molar-refractivity contribution is 8.01. The highest BCUT2D eigenvalue weighted by Gasteiger charge is 2.72. The first kappa shape index (κ1) is 15.8. The second-order valence-corrected chi connectivity index (χ2v) is 11.4. The van der Waals surface area contributed by atoms with E-state index in [9.17, 15) is 12.6 Å². The number of rotatable bonds is 2. The van der Waals surface area contributed by atoms with E-state index in [4.69, 9.17) is 0 Å². The Hall–Kier alpha value is -0.720. The first-order chi connectivity index (χ1) is 10.7. The molecule has 1 heterocycles. The average Bonchev–Trinajstić information content (AvgIpc) is 2.94. The van der Waals surface area contributed by atoms with Crippen LogP contribution in [0.15, 0.2) is 29.2 Å². The van der Waals surface area contributed by atoms with Gasteiger partial charge in [0, 0.05) is 11.5 Å². The molecule has 4 rings (SSSR count). The topological polar surface area (TPSA) is 54.5 Å². The maximum Gasteiger partial charge on any atom is 0.226 e. The number of sulfonamides is 1. The third-order valence-electron chi connectivity index (χ3n) is 6.74. The van der Waals surface area contributed by atoms with E-state index in [0.29, 0.717) is 10.8 Å². The van der Waals surface area contributed by atoms with Crippen LogP contribution in [0.5, 0.6) is 0 Å². The lowest BCUT2D eigenvalue weighted by molar-refractivity contribution is 0.133. The molecule has 1 spiro atoms. The first-order valence-corrected chi connectivity index (χ1v) is 10.9. The van der Waals surface area contributed by atoms with E-state index in [-0.39, 0.29) is 22.6 Å². The van der Waals surface area contributed by atoms with Gasteiger partial charge in [0.1, 0.15) is 11.0 Å². The van der Waals surface area contributed by atoms with Crippen molar-refractivity contribution in [1.82, 2.24) is 3.71 Å². The van der Waals surface area contributed by atoms with E-state index in [0.717, 1.165) is 24.8 Å². The fraction of sp³-hybridized carbons (Fsp3) is 0.647. The Kier molecular flexibility index (Phi) is 3.21. The van der Waals surface area contributed by atoms with E-state index in [1.54, 1.807) is 12.1 Å². The Morgan fingerprint density at radius 3 is 2.48 bits per heavy atom. The molecule has 6 heteroatoms. The summed E-state index contributed by atoms with van der Waals surface area (Å²) < 4.78 is 40.1. The summed E-state index contributed by atoms with van der Waals surface area (Å²) in [6.07, 6.45) is 2.89. The summed E-state index contributed by atoms with van der Waals surface area (Å²) >= 11 is 0. The number of aryl methyl sites for hydroxylation is 1. The van der Waals surface area contributed by atoms with Crippen molar-refractivity contribution < 1.29 is 12.6 Å². The third-order valence-corrected chi connectivity index (χ3v) is 10.8. The number of benzene rings is 1. The zero-order valence-electron chi connectivity index (χ0n) is 13.8. The van der Waals surface area contributed by atoms with Crippen LogP contribution in [0.1, 0.15) is 38.7 Å². The molecular formula is C17H23NO3S2. The van der Waals surface area contributed by atoms with Crippen LogP contribution in [0.4, 0.5) is 0 Å². The SMILES string of the molecule is Cc1ccc(S(=O)N2[C@@H]3C[C@H]4CC[C@]3(CS2(=O)=O)C4(C)C)cc1. The van der Waals surface area contributed by atoms with Crippen LogP contribution < -0.4 is 0 Å². The zero-order chi connectivity index (χ0) is 16.6. The van der Waals surface area contributed by atoms with Crippen molar-refractivity contribution in [3.05, 3.63) is 29.8 Å². The molecule has 2 aliphatic carbocycles. The molecule has 3 fully saturated rings. The second kappa shape index (κ2) is 4.67. The standard InChI is InChI=1S/C17H23NO3S2/c1-12-4-6-14(7-5-12)22(19)18-15-10-13-8-9-17(15,16(13,2)3)11-23(18,20)21/h4-7,13,15H,8-11H2,1-3H3/t13-,15-,17-,22?/m1/s1. The Balaban J connectivity index is 1.78. The van der Waals surface area contributed by atoms with Crippen LogP contribution in [0.25, 0.3) is 0 Å². The van der Waals surface area contributed by atoms with Crippen molar-refractivity contribution in [1.29, 1.82) is 0 Å². The van der Waals surface area contributed by atoms with Gasteiger partial charge in [-0.3, -0.25) is 0 Å². The molecule has 2 saturated carbocycles. The molecule has 1 aromatic rings. The van der Waals surface area contributed by atoms with E-state index in [1.807, 2.05) is 19.1 Å². The van der Waals surface area contributed by atoms with Crippen molar-refractivity contribution in [3.63, 3.8) is 0 Å². The number of hydrogen-bond acceptors (Lipinski definition) is 3. The van der Waals surface area contributed by atoms with Crippen molar-refractivity contribution in [3.8, 4) is 0 Å². The summed E-state index contributed by atoms with van der Waals surface area (Å²) in [7, 11) is -5.13. The minimum absolute atomic E-state index is 0.0109. The molecule has 0 amide bonds. The summed E-state index contributed by atoms with van der Waals surface area (Å²) in [4.78, 5) is 0.580. The van der Waals surface area contributed by atoms with Gasteiger partial charge in [0.05, 0.1) is 10.6 Å². The molecule has 0 N–H and O–H groups in total. The molecule has 1 unspecified atom stereocenters. The Morgan fingerprint density at radius 1 is 1.22 bits per heavy atom. The molecule has 0 radical (unpaired) electrons. The van der Waals surface area contributed by atoms with E-state index in [2.05, 4.69) is 13.8 Å². The summed E-state index contributed by atoms with van der Waals surface area (Å²) in [6, 6.07) is 7.23. The molecule has 1 aliphatic heterocycles. The predicted molar refractivity (Wildman–Crippen MR) is 90.6 cm³/mol. The molecule has 126 valence electrons. The minimum Gasteiger partial charge on any atom is -0.236 e. The second-order valence-electron chi connectivity index (χ2n) is 7.94. The lowest BCUT2D eigenvalue weighted by atomic mass is 9.69. The van der Waals surface area contributed by atoms with Crippen LogP contribution in [0, 0.1) is 23.7 Å². The highest BCUT2D eigenvalue weighted by atomic mass is 32.3. The fourth-order valence-corrected chi connectivity index (χ4v) is 9.73. The van der Waals surface area contributed by atoms with Crippen molar-refractivity contribution in [2.24, 2.45) is 16.7 Å². The number of fused-ring (bicyclic) bond motifs is 1. The normalized spacial score (nSPS) is 38.6. The monoisotopic (exact) mass is 353 g/mol. The van der Waals surface area contributed by atoms with Gasteiger partial charge in [-0.1, -0.05) is 31.5 Å². The Morgan fingerprint density at radius 2 is 1.87 bits per heavy atom. The third kappa shape index (κ3) is 1.91. The Bertz CT molecular complexity index is 785. The van der Waals surface area contributed by atoms with Crippen molar-refractivity contribution >= 4 is 21.0 Å². The van der Waals surface area contributed by atoms with Gasteiger partial charge < -0.3 is 0 Å². The highest BCUT2D eigenvalue weighted by Crippen LogP contribution is 2.70. The fourth-order valence-electron chi connectivity index (χ4n) is 5.23. The molecule has 1 saturated heterocycles. The number of nitrogens with zero attached hydrogens (tertiary/aromatic N) is 1. The summed E-state index contributed by atoms with van der Waals surface area (Å²) in [6.45, 7) is 6.38. The molecule has 3 aliphatic rings. The van der Waals surface area contributed by atoms with Gasteiger partial charge in [0.25, 0.3) is 0 Å². The Labute approximate surface area is 140 Å². The molecule has 2 bridgehead atoms. The predicted octanol–water partition coefficient (Wildman–Crippen LogP) is 2.86. The molecule has 0 aromatic heterocycles. The minimum atomic E-state index is -3.49. The van der Waals surface area contributed by atoms with Gasteiger partial charge in [0.15, 0.2) is 0 Å². The van der Waals surface area contributed by atoms with Crippen LogP contribution >= 0.6 is 0 Å². The van der Waals surface area contributed by atoms with Crippen molar-refractivity contribution in [2.45, 2.75) is 51.0 Å². The van der Waals surface area contributed by atoms with Gasteiger partial charge in [-0.2, -0.15) is 0 Å². The van der Waals surface area contributed by atoms with Crippen LogP contribution in [-0.2, 0) is 21.0 Å². The molecular weight excluding hydrogens is 330 g/mol. The van der Waals surface area contributed by atoms with Gasteiger partial charge >= 0.3 is 0 Å². The molecule has 4 nitrogen and oxygen atoms in total. The molecule has 1 aromatic carbocycles.